The Morgan fingerprint density at radius 3 is 2.63 bits per heavy atom. The summed E-state index contributed by atoms with van der Waals surface area (Å²) in [6, 6.07) is 8.60. The van der Waals surface area contributed by atoms with Gasteiger partial charge in [-0.3, -0.25) is 4.72 Å². The molecule has 3 N–H and O–H groups in total. The first kappa shape index (κ1) is 14.4. The van der Waals surface area contributed by atoms with Crippen LogP contribution in [-0.2, 0) is 16.6 Å². The first-order valence-corrected chi connectivity index (χ1v) is 8.07. The van der Waals surface area contributed by atoms with Gasteiger partial charge in [0, 0.05) is 9.64 Å². The van der Waals surface area contributed by atoms with Gasteiger partial charge in [-0.05, 0) is 41.6 Å². The molecule has 0 saturated heterocycles. The van der Waals surface area contributed by atoms with Gasteiger partial charge < -0.3 is 10.2 Å². The number of hydrogen-bond donors (Lipinski definition) is 2. The highest BCUT2D eigenvalue weighted by molar-refractivity contribution is 14.1. The standard InChI is InChI=1S/C12H13IN2O3S/c1-8-12(6-9(7-14)18-8)19(16,17)15-11-5-3-2-4-10(11)13/h2-6,15H,7,14H2,1H3. The van der Waals surface area contributed by atoms with E-state index in [0.717, 1.165) is 3.57 Å². The quantitative estimate of drug-likeness (QED) is 0.783. The number of rotatable bonds is 4. The first-order chi connectivity index (χ1) is 8.94. The number of halogens is 1. The highest BCUT2D eigenvalue weighted by atomic mass is 127. The number of anilines is 1. The van der Waals surface area contributed by atoms with E-state index in [1.54, 1.807) is 19.1 Å². The summed E-state index contributed by atoms with van der Waals surface area (Å²) in [6.07, 6.45) is 0. The zero-order valence-corrected chi connectivity index (χ0v) is 13.2. The first-order valence-electron chi connectivity index (χ1n) is 5.51. The summed E-state index contributed by atoms with van der Waals surface area (Å²) in [6.45, 7) is 1.77. The van der Waals surface area contributed by atoms with E-state index in [1.165, 1.54) is 6.07 Å². The minimum atomic E-state index is -3.66. The van der Waals surface area contributed by atoms with Crippen molar-refractivity contribution in [3.8, 4) is 0 Å². The van der Waals surface area contributed by atoms with Crippen molar-refractivity contribution in [2.24, 2.45) is 5.73 Å². The van der Waals surface area contributed by atoms with Gasteiger partial charge in [-0.2, -0.15) is 0 Å². The Labute approximate surface area is 125 Å². The van der Waals surface area contributed by atoms with E-state index in [-0.39, 0.29) is 11.4 Å². The Morgan fingerprint density at radius 1 is 1.37 bits per heavy atom. The molecule has 19 heavy (non-hydrogen) atoms. The highest BCUT2D eigenvalue weighted by Crippen LogP contribution is 2.25. The minimum Gasteiger partial charge on any atom is -0.464 e. The zero-order chi connectivity index (χ0) is 14.0. The number of benzene rings is 1. The predicted octanol–water partition coefficient (Wildman–Crippen LogP) is 2.45. The smallest absolute Gasteiger partial charge is 0.265 e. The fourth-order valence-corrected chi connectivity index (χ4v) is 3.62. The summed E-state index contributed by atoms with van der Waals surface area (Å²) in [4.78, 5) is 0.118. The van der Waals surface area contributed by atoms with E-state index in [9.17, 15) is 8.42 Å². The van der Waals surface area contributed by atoms with Crippen LogP contribution in [0.25, 0.3) is 0 Å². The van der Waals surface area contributed by atoms with Crippen molar-refractivity contribution in [2.45, 2.75) is 18.4 Å². The number of hydrogen-bond acceptors (Lipinski definition) is 4. The van der Waals surface area contributed by atoms with Crippen molar-refractivity contribution >= 4 is 38.3 Å². The molecule has 2 aromatic rings. The third kappa shape index (κ3) is 3.10. The minimum absolute atomic E-state index is 0.118. The van der Waals surface area contributed by atoms with Gasteiger partial charge in [0.2, 0.25) is 0 Å². The Morgan fingerprint density at radius 2 is 2.05 bits per heavy atom. The van der Waals surface area contributed by atoms with E-state index in [2.05, 4.69) is 27.3 Å². The maximum Gasteiger partial charge on any atom is 0.265 e. The third-order valence-corrected chi connectivity index (χ3v) is 4.95. The summed E-state index contributed by atoms with van der Waals surface area (Å²) < 4.78 is 33.2. The fraction of sp³-hybridized carbons (Fsp3) is 0.167. The van der Waals surface area contributed by atoms with E-state index >= 15 is 0 Å². The normalized spacial score (nSPS) is 11.5. The molecule has 5 nitrogen and oxygen atoms in total. The third-order valence-electron chi connectivity index (χ3n) is 2.53. The number of aryl methyl sites for hydroxylation is 1. The van der Waals surface area contributed by atoms with Crippen LogP contribution in [0.4, 0.5) is 5.69 Å². The van der Waals surface area contributed by atoms with Gasteiger partial charge in [0.15, 0.2) is 0 Å². The Hall–Kier alpha value is -1.06. The lowest BCUT2D eigenvalue weighted by Crippen LogP contribution is -2.14. The maximum absolute atomic E-state index is 12.3. The average Bonchev–Trinajstić information content (AvgIpc) is 2.74. The Kier molecular flexibility index (Phi) is 4.16. The fourth-order valence-electron chi connectivity index (χ4n) is 1.64. The Bertz CT molecular complexity index is 695. The van der Waals surface area contributed by atoms with E-state index in [4.69, 9.17) is 10.2 Å². The highest BCUT2D eigenvalue weighted by Gasteiger charge is 2.21. The Balaban J connectivity index is 2.38. The zero-order valence-electron chi connectivity index (χ0n) is 10.2. The average molecular weight is 392 g/mol. The molecule has 0 radical (unpaired) electrons. The van der Waals surface area contributed by atoms with Crippen molar-refractivity contribution in [3.05, 3.63) is 45.4 Å². The van der Waals surface area contributed by atoms with Crippen LogP contribution < -0.4 is 10.5 Å². The molecule has 0 saturated carbocycles. The molecule has 0 aliphatic carbocycles. The summed E-state index contributed by atoms with van der Waals surface area (Å²) in [5.41, 5.74) is 5.98. The van der Waals surface area contributed by atoms with E-state index in [0.29, 0.717) is 17.2 Å². The van der Waals surface area contributed by atoms with Crippen LogP contribution in [0.1, 0.15) is 11.5 Å². The molecular formula is C12H13IN2O3S. The topological polar surface area (TPSA) is 85.3 Å². The summed E-state index contributed by atoms with van der Waals surface area (Å²) in [5, 5.41) is 0. The van der Waals surface area contributed by atoms with Gasteiger partial charge in [-0.15, -0.1) is 0 Å². The molecule has 1 aromatic carbocycles. The van der Waals surface area contributed by atoms with Crippen molar-refractivity contribution in [1.82, 2.24) is 0 Å². The van der Waals surface area contributed by atoms with E-state index < -0.39 is 10.0 Å². The van der Waals surface area contributed by atoms with Crippen LogP contribution in [0, 0.1) is 10.5 Å². The van der Waals surface area contributed by atoms with Crippen LogP contribution >= 0.6 is 22.6 Å². The second kappa shape index (κ2) is 5.51. The van der Waals surface area contributed by atoms with Crippen molar-refractivity contribution in [3.63, 3.8) is 0 Å². The lowest BCUT2D eigenvalue weighted by molar-refractivity contribution is 0.479. The largest absolute Gasteiger partial charge is 0.464 e. The number of furan rings is 1. The second-order valence-electron chi connectivity index (χ2n) is 3.92. The number of nitrogens with two attached hydrogens (primary N) is 1. The number of para-hydroxylation sites is 1. The van der Waals surface area contributed by atoms with Gasteiger partial charge in [-0.1, -0.05) is 12.1 Å². The molecule has 0 aliphatic rings. The molecule has 0 fully saturated rings. The van der Waals surface area contributed by atoms with Gasteiger partial charge in [-0.25, -0.2) is 8.42 Å². The van der Waals surface area contributed by atoms with Gasteiger partial charge in [0.1, 0.15) is 16.4 Å². The second-order valence-corrected chi connectivity index (χ2v) is 6.74. The van der Waals surface area contributed by atoms with Crippen LogP contribution in [0.3, 0.4) is 0 Å². The van der Waals surface area contributed by atoms with Crippen LogP contribution in [0.5, 0.6) is 0 Å². The molecule has 1 heterocycles. The molecule has 0 spiro atoms. The molecular weight excluding hydrogens is 379 g/mol. The SMILES string of the molecule is Cc1oc(CN)cc1S(=O)(=O)Nc1ccccc1I. The van der Waals surface area contributed by atoms with Crippen LogP contribution in [0.15, 0.2) is 39.6 Å². The maximum atomic E-state index is 12.3. The van der Waals surface area contributed by atoms with E-state index in [1.807, 2.05) is 12.1 Å². The molecule has 0 amide bonds. The summed E-state index contributed by atoms with van der Waals surface area (Å²) in [5.74, 6) is 0.777. The van der Waals surface area contributed by atoms with Crippen molar-refractivity contribution in [2.75, 3.05) is 4.72 Å². The van der Waals surface area contributed by atoms with Crippen molar-refractivity contribution < 1.29 is 12.8 Å². The lowest BCUT2D eigenvalue weighted by atomic mass is 10.3. The van der Waals surface area contributed by atoms with Crippen LogP contribution in [-0.4, -0.2) is 8.42 Å². The van der Waals surface area contributed by atoms with Crippen LogP contribution in [0.2, 0.25) is 0 Å². The number of nitrogens with one attached hydrogen (secondary N) is 1. The predicted molar refractivity (Wildman–Crippen MR) is 81.3 cm³/mol. The molecule has 0 atom stereocenters. The summed E-state index contributed by atoms with van der Waals surface area (Å²) >= 11 is 2.07. The number of sulfonamides is 1. The molecule has 0 unspecified atom stereocenters. The lowest BCUT2D eigenvalue weighted by Gasteiger charge is -2.08. The molecule has 0 bridgehead atoms. The molecule has 1 aromatic heterocycles. The molecule has 2 rings (SSSR count). The van der Waals surface area contributed by atoms with Crippen molar-refractivity contribution in [1.29, 1.82) is 0 Å². The summed E-state index contributed by atoms with van der Waals surface area (Å²) in [7, 11) is -3.66. The molecule has 7 heteroatoms. The van der Waals surface area contributed by atoms with Gasteiger partial charge >= 0.3 is 0 Å². The monoisotopic (exact) mass is 392 g/mol. The van der Waals surface area contributed by atoms with Gasteiger partial charge in [0.05, 0.1) is 12.2 Å². The molecule has 102 valence electrons. The molecule has 0 aliphatic heterocycles. The van der Waals surface area contributed by atoms with Gasteiger partial charge in [0.25, 0.3) is 10.0 Å².